The summed E-state index contributed by atoms with van der Waals surface area (Å²) in [5.74, 6) is -1.72. The summed E-state index contributed by atoms with van der Waals surface area (Å²) in [7, 11) is 0. The Balaban J connectivity index is 1.91. The van der Waals surface area contributed by atoms with Gasteiger partial charge in [-0.25, -0.2) is 4.98 Å². The minimum absolute atomic E-state index is 0.108. The third-order valence-electron chi connectivity index (χ3n) is 8.03. The van der Waals surface area contributed by atoms with Gasteiger partial charge in [-0.1, -0.05) is 34.1 Å². The lowest BCUT2D eigenvalue weighted by molar-refractivity contribution is -0.155. The monoisotopic (exact) mass is 522 g/mol. The molecule has 2 aliphatic heterocycles. The van der Waals surface area contributed by atoms with E-state index in [0.29, 0.717) is 0 Å². The Morgan fingerprint density at radius 1 is 1.25 bits per heavy atom. The van der Waals surface area contributed by atoms with Crippen LogP contribution in [0.5, 0.6) is 0 Å². The summed E-state index contributed by atoms with van der Waals surface area (Å²) in [5, 5.41) is 24.6. The van der Waals surface area contributed by atoms with Crippen molar-refractivity contribution in [2.75, 3.05) is 0 Å². The zero-order valence-electron chi connectivity index (χ0n) is 22.5. The van der Waals surface area contributed by atoms with E-state index in [4.69, 9.17) is 15.2 Å². The highest BCUT2D eigenvalue weighted by atomic mass is 32.1. The Labute approximate surface area is 218 Å². The molecule has 8 nitrogen and oxygen atoms in total. The normalized spacial score (nSPS) is 38.8. The smallest absolute Gasteiger partial charge is 0.309 e. The van der Waals surface area contributed by atoms with E-state index in [1.54, 1.807) is 20.8 Å². The van der Waals surface area contributed by atoms with E-state index in [1.165, 1.54) is 11.3 Å². The van der Waals surface area contributed by atoms with Gasteiger partial charge in [0.2, 0.25) is 0 Å². The number of aryl methyl sites for hydroxylation is 1. The van der Waals surface area contributed by atoms with Crippen LogP contribution >= 0.6 is 11.3 Å². The lowest BCUT2D eigenvalue weighted by Crippen LogP contribution is -2.47. The molecule has 202 valence electrons. The summed E-state index contributed by atoms with van der Waals surface area (Å²) in [6.07, 6.45) is 0.548. The fourth-order valence-corrected chi connectivity index (χ4v) is 5.86. The maximum absolute atomic E-state index is 13.2. The topological polar surface area (TPSA) is 135 Å². The fraction of sp³-hybridized carbons (Fsp3) is 0.741. The molecule has 9 heteroatoms. The number of fused-ring (bicyclic) bond motifs is 1. The molecule has 2 aliphatic rings. The number of ether oxygens (including phenoxy) is 2. The number of thiazole rings is 1. The zero-order valence-corrected chi connectivity index (χ0v) is 23.3. The molecule has 1 aromatic heterocycles. The summed E-state index contributed by atoms with van der Waals surface area (Å²) in [5.41, 5.74) is 6.44. The van der Waals surface area contributed by atoms with E-state index >= 15 is 0 Å². The summed E-state index contributed by atoms with van der Waals surface area (Å²) < 4.78 is 11.9. The van der Waals surface area contributed by atoms with Crippen molar-refractivity contribution in [2.45, 2.75) is 110 Å². The van der Waals surface area contributed by atoms with Crippen LogP contribution in [0.15, 0.2) is 11.0 Å². The lowest BCUT2D eigenvalue weighted by Gasteiger charge is -2.34. The highest BCUT2D eigenvalue weighted by Gasteiger charge is 2.57. The molecule has 8 atom stereocenters. The number of Topliss-reactive ketones (excluding diaryl/α,β-unsaturated/α-hetero) is 1. The van der Waals surface area contributed by atoms with Crippen molar-refractivity contribution in [1.29, 1.82) is 0 Å². The van der Waals surface area contributed by atoms with Crippen molar-refractivity contribution in [1.82, 2.24) is 4.98 Å². The highest BCUT2D eigenvalue weighted by molar-refractivity contribution is 7.09. The van der Waals surface area contributed by atoms with Crippen LogP contribution in [0.4, 0.5) is 0 Å². The predicted octanol–water partition coefficient (Wildman–Crippen LogP) is 3.41. The van der Waals surface area contributed by atoms with Gasteiger partial charge in [0.1, 0.15) is 18.0 Å². The van der Waals surface area contributed by atoms with Crippen molar-refractivity contribution in [3.63, 3.8) is 0 Å². The molecule has 3 heterocycles. The van der Waals surface area contributed by atoms with Crippen LogP contribution < -0.4 is 5.73 Å². The van der Waals surface area contributed by atoms with Crippen LogP contribution in [0.3, 0.4) is 0 Å². The number of esters is 1. The van der Waals surface area contributed by atoms with Gasteiger partial charge in [0.15, 0.2) is 0 Å². The van der Waals surface area contributed by atoms with Crippen LogP contribution in [-0.2, 0) is 19.1 Å². The Bertz CT molecular complexity index is 991. The van der Waals surface area contributed by atoms with Crippen molar-refractivity contribution in [3.8, 4) is 0 Å². The number of rotatable bonds is 2. The lowest BCUT2D eigenvalue weighted by atomic mass is 9.73. The second-order valence-electron chi connectivity index (χ2n) is 11.5. The Kier molecular flexibility index (Phi) is 8.83. The van der Waals surface area contributed by atoms with Gasteiger partial charge in [-0.15, -0.1) is 11.3 Å². The number of aromatic nitrogens is 1. The highest BCUT2D eigenvalue weighted by Crippen LogP contribution is 2.44. The average molecular weight is 523 g/mol. The molecule has 3 rings (SSSR count). The molecule has 4 N–H and O–H groups in total. The Morgan fingerprint density at radius 2 is 1.92 bits per heavy atom. The SMILES string of the molecule is CC(=Cc1csc(C)n1)C1OC(=O)CC(O)C(C)(C)C(=O)C(C)C(O)C(C)CCC[C@@]2(C)O[C@H]2C1N. The molecule has 0 saturated carbocycles. The van der Waals surface area contributed by atoms with Gasteiger partial charge in [-0.05, 0) is 51.2 Å². The number of hydrogen-bond donors (Lipinski definition) is 3. The second-order valence-corrected chi connectivity index (χ2v) is 12.5. The van der Waals surface area contributed by atoms with Crippen molar-refractivity contribution in [2.24, 2.45) is 23.0 Å². The minimum atomic E-state index is -1.28. The molecule has 0 spiro atoms. The van der Waals surface area contributed by atoms with E-state index in [1.807, 2.05) is 39.2 Å². The van der Waals surface area contributed by atoms with Crippen molar-refractivity contribution >= 4 is 29.2 Å². The van der Waals surface area contributed by atoms with Gasteiger partial charge < -0.3 is 25.4 Å². The number of cyclic esters (lactones) is 1. The van der Waals surface area contributed by atoms with Crippen LogP contribution in [-0.4, -0.2) is 63.0 Å². The van der Waals surface area contributed by atoms with Gasteiger partial charge >= 0.3 is 5.97 Å². The fourth-order valence-electron chi connectivity index (χ4n) is 5.29. The number of nitrogens with zero attached hydrogens (tertiary/aromatic N) is 1. The van der Waals surface area contributed by atoms with Crippen LogP contribution in [0, 0.1) is 24.2 Å². The van der Waals surface area contributed by atoms with Gasteiger partial charge in [-0.2, -0.15) is 0 Å². The number of carbonyl (C=O) groups is 2. The van der Waals surface area contributed by atoms with E-state index in [9.17, 15) is 19.8 Å². The first kappa shape index (κ1) is 28.9. The number of carbonyl (C=O) groups excluding carboxylic acids is 2. The molecule has 36 heavy (non-hydrogen) atoms. The number of epoxide rings is 1. The molecule has 6 unspecified atom stereocenters. The molecule has 1 aromatic rings. The third-order valence-corrected chi connectivity index (χ3v) is 8.82. The minimum Gasteiger partial charge on any atom is -0.456 e. The van der Waals surface area contributed by atoms with E-state index in [2.05, 4.69) is 4.98 Å². The molecule has 0 aliphatic carbocycles. The van der Waals surface area contributed by atoms with Gasteiger partial charge in [0.25, 0.3) is 0 Å². The van der Waals surface area contributed by atoms with Crippen LogP contribution in [0.1, 0.15) is 77.9 Å². The number of aliphatic hydroxyl groups is 2. The maximum Gasteiger partial charge on any atom is 0.309 e. The molecule has 0 aromatic carbocycles. The summed E-state index contributed by atoms with van der Waals surface area (Å²) in [6, 6.07) is -0.613. The summed E-state index contributed by atoms with van der Waals surface area (Å²) in [4.78, 5) is 30.7. The summed E-state index contributed by atoms with van der Waals surface area (Å²) >= 11 is 1.53. The van der Waals surface area contributed by atoms with Gasteiger partial charge in [0.05, 0.1) is 46.4 Å². The molecule has 2 fully saturated rings. The van der Waals surface area contributed by atoms with E-state index in [-0.39, 0.29) is 24.2 Å². The maximum atomic E-state index is 13.2. The van der Waals surface area contributed by atoms with Crippen LogP contribution in [0.25, 0.3) is 6.08 Å². The largest absolute Gasteiger partial charge is 0.456 e. The number of hydrogen-bond acceptors (Lipinski definition) is 9. The third kappa shape index (κ3) is 6.25. The zero-order chi connectivity index (χ0) is 27.0. The number of aliphatic hydroxyl groups excluding tert-OH is 2. The molecular weight excluding hydrogens is 480 g/mol. The molecule has 0 amide bonds. The van der Waals surface area contributed by atoms with Gasteiger partial charge in [-0.3, -0.25) is 9.59 Å². The first-order chi connectivity index (χ1) is 16.7. The Hall–Kier alpha value is -1.65. The molecule has 2 saturated heterocycles. The van der Waals surface area contributed by atoms with E-state index < -0.39 is 47.3 Å². The van der Waals surface area contributed by atoms with Crippen molar-refractivity contribution in [3.05, 3.63) is 21.7 Å². The van der Waals surface area contributed by atoms with Crippen molar-refractivity contribution < 1.29 is 29.3 Å². The van der Waals surface area contributed by atoms with Gasteiger partial charge in [0, 0.05) is 11.3 Å². The number of nitrogens with two attached hydrogens (primary N) is 1. The van der Waals surface area contributed by atoms with E-state index in [0.717, 1.165) is 35.5 Å². The first-order valence-electron chi connectivity index (χ1n) is 12.8. The first-order valence-corrected chi connectivity index (χ1v) is 13.7. The van der Waals surface area contributed by atoms with Crippen LogP contribution in [0.2, 0.25) is 0 Å². The second kappa shape index (κ2) is 11.0. The summed E-state index contributed by atoms with van der Waals surface area (Å²) in [6.45, 7) is 12.6. The molecular formula is C27H42N2O6S. The average Bonchev–Trinajstić information content (AvgIpc) is 3.31. The molecule has 0 bridgehead atoms. The molecule has 0 radical (unpaired) electrons. The Morgan fingerprint density at radius 3 is 2.53 bits per heavy atom. The standard InChI is InChI=1S/C27H42N2O6S/c1-14-9-8-10-27(7)25(35-27)21(28)23(15(2)11-18-13-36-17(4)29-18)34-20(31)12-19(30)26(5,6)24(33)16(3)22(14)32/h11,13-14,16,19,21-23,25,30,32H,8-10,12,28H2,1-7H3/t14?,16?,19?,21?,22?,23?,25-,27+/m0/s1. The number of ketones is 1. The predicted molar refractivity (Wildman–Crippen MR) is 139 cm³/mol. The quantitative estimate of drug-likeness (QED) is 0.397.